The van der Waals surface area contributed by atoms with Crippen molar-refractivity contribution < 1.29 is 14.3 Å². The molecule has 0 bridgehead atoms. The van der Waals surface area contributed by atoms with Gasteiger partial charge in [0.2, 0.25) is 11.1 Å². The van der Waals surface area contributed by atoms with E-state index in [-0.39, 0.29) is 17.8 Å². The molecule has 2 rings (SSSR count). The summed E-state index contributed by atoms with van der Waals surface area (Å²) in [5.74, 6) is 5.95. The maximum Gasteiger partial charge on any atom is 0.338 e. The number of nitrogen functional groups attached to an aromatic ring is 1. The van der Waals surface area contributed by atoms with Gasteiger partial charge in [-0.05, 0) is 32.0 Å². The second-order valence-electron chi connectivity index (χ2n) is 5.49. The summed E-state index contributed by atoms with van der Waals surface area (Å²) in [6.07, 6.45) is 0.457. The maximum atomic E-state index is 12.1. The highest BCUT2D eigenvalue weighted by Gasteiger charge is 2.13. The molecule has 1 aromatic carbocycles. The largest absolute Gasteiger partial charge is 0.459 e. The van der Waals surface area contributed by atoms with Crippen LogP contribution in [0, 0.1) is 0 Å². The minimum Gasteiger partial charge on any atom is -0.459 e. The summed E-state index contributed by atoms with van der Waals surface area (Å²) in [4.78, 5) is 24.0. The first-order chi connectivity index (χ1) is 11.9. The second-order valence-corrected chi connectivity index (χ2v) is 6.44. The predicted molar refractivity (Wildman–Crippen MR) is 95.9 cm³/mol. The van der Waals surface area contributed by atoms with Gasteiger partial charge in [0.25, 0.3) is 0 Å². The number of thioether (sulfide) groups is 1. The number of amides is 1. The molecule has 0 saturated carbocycles. The van der Waals surface area contributed by atoms with Gasteiger partial charge in [0, 0.05) is 12.1 Å². The molecule has 0 aliphatic heterocycles. The van der Waals surface area contributed by atoms with Crippen molar-refractivity contribution in [3.05, 3.63) is 35.7 Å². The van der Waals surface area contributed by atoms with E-state index < -0.39 is 5.97 Å². The third kappa shape index (κ3) is 5.21. The molecule has 25 heavy (non-hydrogen) atoms. The van der Waals surface area contributed by atoms with E-state index >= 15 is 0 Å². The van der Waals surface area contributed by atoms with Crippen molar-refractivity contribution in [1.82, 2.24) is 14.9 Å². The van der Waals surface area contributed by atoms with Crippen LogP contribution in [-0.2, 0) is 16.0 Å². The van der Waals surface area contributed by atoms with Gasteiger partial charge >= 0.3 is 5.97 Å². The first kappa shape index (κ1) is 18.8. The van der Waals surface area contributed by atoms with E-state index in [1.807, 2.05) is 6.92 Å². The average molecular weight is 363 g/mol. The number of nitrogens with one attached hydrogen (secondary N) is 1. The third-order valence-electron chi connectivity index (χ3n) is 3.11. The molecule has 1 aromatic heterocycles. The van der Waals surface area contributed by atoms with Gasteiger partial charge < -0.3 is 15.9 Å². The average Bonchev–Trinajstić information content (AvgIpc) is 2.92. The SMILES string of the molecule is CCc1nnc(SCC(=O)Nc2cccc(C(=O)OC(C)C)c2)n1N. The summed E-state index contributed by atoms with van der Waals surface area (Å²) in [6.45, 7) is 5.48. The van der Waals surface area contributed by atoms with Gasteiger partial charge in [-0.3, -0.25) is 4.79 Å². The Morgan fingerprint density at radius 3 is 2.76 bits per heavy atom. The number of benzene rings is 1. The molecule has 9 heteroatoms. The van der Waals surface area contributed by atoms with E-state index in [0.29, 0.717) is 28.7 Å². The second kappa shape index (κ2) is 8.52. The van der Waals surface area contributed by atoms with E-state index in [1.54, 1.807) is 38.1 Å². The van der Waals surface area contributed by atoms with Crippen molar-refractivity contribution >= 4 is 29.3 Å². The Bertz CT molecular complexity index is 760. The predicted octanol–water partition coefficient (Wildman–Crippen LogP) is 1.85. The highest BCUT2D eigenvalue weighted by molar-refractivity contribution is 7.99. The van der Waals surface area contributed by atoms with Crippen LogP contribution in [0.15, 0.2) is 29.4 Å². The molecule has 0 aliphatic carbocycles. The number of anilines is 1. The zero-order chi connectivity index (χ0) is 18.4. The Morgan fingerprint density at radius 1 is 1.36 bits per heavy atom. The number of aryl methyl sites for hydroxylation is 1. The van der Waals surface area contributed by atoms with Crippen LogP contribution in [0.25, 0.3) is 0 Å². The molecule has 0 radical (unpaired) electrons. The number of carbonyl (C=O) groups excluding carboxylic acids is 2. The van der Waals surface area contributed by atoms with Crippen molar-refractivity contribution in [2.24, 2.45) is 0 Å². The van der Waals surface area contributed by atoms with Gasteiger partial charge in [-0.2, -0.15) is 0 Å². The van der Waals surface area contributed by atoms with E-state index in [2.05, 4.69) is 15.5 Å². The highest BCUT2D eigenvalue weighted by Crippen LogP contribution is 2.17. The number of hydrogen-bond acceptors (Lipinski definition) is 7. The molecule has 134 valence electrons. The van der Waals surface area contributed by atoms with Crippen LogP contribution in [0.2, 0.25) is 0 Å². The lowest BCUT2D eigenvalue weighted by Crippen LogP contribution is -2.17. The van der Waals surface area contributed by atoms with E-state index in [9.17, 15) is 9.59 Å². The molecular weight excluding hydrogens is 342 g/mol. The van der Waals surface area contributed by atoms with Crippen LogP contribution in [0.4, 0.5) is 5.69 Å². The monoisotopic (exact) mass is 363 g/mol. The molecule has 0 atom stereocenters. The van der Waals surface area contributed by atoms with Gasteiger partial charge in [0.05, 0.1) is 17.4 Å². The smallest absolute Gasteiger partial charge is 0.338 e. The molecule has 0 unspecified atom stereocenters. The zero-order valence-corrected chi connectivity index (χ0v) is 15.2. The molecule has 1 heterocycles. The quantitative estimate of drug-likeness (QED) is 0.438. The van der Waals surface area contributed by atoms with Crippen LogP contribution >= 0.6 is 11.8 Å². The maximum absolute atomic E-state index is 12.1. The summed E-state index contributed by atoms with van der Waals surface area (Å²) in [6, 6.07) is 6.60. The third-order valence-corrected chi connectivity index (χ3v) is 4.05. The lowest BCUT2D eigenvalue weighted by molar-refractivity contribution is -0.113. The van der Waals surface area contributed by atoms with Gasteiger partial charge in [-0.1, -0.05) is 24.8 Å². The van der Waals surface area contributed by atoms with Gasteiger partial charge in [0.15, 0.2) is 5.82 Å². The number of nitrogens with zero attached hydrogens (tertiary/aromatic N) is 3. The Morgan fingerprint density at radius 2 is 2.12 bits per heavy atom. The van der Waals surface area contributed by atoms with E-state index in [1.165, 1.54) is 16.4 Å². The Labute approximate surface area is 150 Å². The first-order valence-electron chi connectivity index (χ1n) is 7.83. The van der Waals surface area contributed by atoms with E-state index in [4.69, 9.17) is 10.6 Å². The fourth-order valence-electron chi connectivity index (χ4n) is 1.98. The van der Waals surface area contributed by atoms with E-state index in [0.717, 1.165) is 0 Å². The summed E-state index contributed by atoms with van der Waals surface area (Å²) in [5.41, 5.74) is 0.903. The lowest BCUT2D eigenvalue weighted by atomic mass is 10.2. The highest BCUT2D eigenvalue weighted by atomic mass is 32.2. The molecule has 2 aromatic rings. The number of hydrogen-bond donors (Lipinski definition) is 2. The number of carbonyl (C=O) groups is 2. The molecule has 3 N–H and O–H groups in total. The first-order valence-corrected chi connectivity index (χ1v) is 8.82. The summed E-state index contributed by atoms with van der Waals surface area (Å²) in [7, 11) is 0. The van der Waals surface area contributed by atoms with Crippen molar-refractivity contribution in [3.63, 3.8) is 0 Å². The van der Waals surface area contributed by atoms with Gasteiger partial charge in [-0.15, -0.1) is 10.2 Å². The van der Waals surface area contributed by atoms with Crippen molar-refractivity contribution in [2.75, 3.05) is 16.9 Å². The fourth-order valence-corrected chi connectivity index (χ4v) is 2.66. The molecule has 1 amide bonds. The van der Waals surface area contributed by atoms with Crippen molar-refractivity contribution in [3.8, 4) is 0 Å². The summed E-state index contributed by atoms with van der Waals surface area (Å²) < 4.78 is 6.52. The molecule has 8 nitrogen and oxygen atoms in total. The molecule has 0 spiro atoms. The number of nitrogens with two attached hydrogens (primary N) is 1. The van der Waals surface area contributed by atoms with Crippen molar-refractivity contribution in [2.45, 2.75) is 38.5 Å². The standard InChI is InChI=1S/C16H21N5O3S/c1-4-13-19-20-16(21(13)17)25-9-14(22)18-12-7-5-6-11(8-12)15(23)24-10(2)3/h5-8,10H,4,9,17H2,1-3H3,(H,18,22). The summed E-state index contributed by atoms with van der Waals surface area (Å²) >= 11 is 1.19. The number of aromatic nitrogens is 3. The normalized spacial score (nSPS) is 10.7. The van der Waals surface area contributed by atoms with Crippen LogP contribution < -0.4 is 11.2 Å². The van der Waals surface area contributed by atoms with Crippen LogP contribution in [-0.4, -0.2) is 38.6 Å². The minimum atomic E-state index is -0.427. The Kier molecular flexibility index (Phi) is 6.40. The van der Waals surface area contributed by atoms with Gasteiger partial charge in [0.1, 0.15) is 0 Å². The molecule has 0 fully saturated rings. The topological polar surface area (TPSA) is 112 Å². The molecular formula is C16H21N5O3S. The minimum absolute atomic E-state index is 0.125. The van der Waals surface area contributed by atoms with Crippen LogP contribution in [0.5, 0.6) is 0 Å². The van der Waals surface area contributed by atoms with Crippen molar-refractivity contribution in [1.29, 1.82) is 0 Å². The van der Waals surface area contributed by atoms with Gasteiger partial charge in [-0.25, -0.2) is 9.47 Å². The van der Waals surface area contributed by atoms with Crippen LogP contribution in [0.1, 0.15) is 37.0 Å². The molecule has 0 saturated heterocycles. The fraction of sp³-hybridized carbons (Fsp3) is 0.375. The Balaban J connectivity index is 1.94. The molecule has 0 aliphatic rings. The number of rotatable bonds is 7. The Hall–Kier alpha value is -2.55. The summed E-state index contributed by atoms with van der Waals surface area (Å²) in [5, 5.41) is 11.1. The number of ether oxygens (including phenoxy) is 1. The van der Waals surface area contributed by atoms with Crippen LogP contribution in [0.3, 0.4) is 0 Å². The lowest BCUT2D eigenvalue weighted by Gasteiger charge is -2.09. The number of esters is 1. The zero-order valence-electron chi connectivity index (χ0n) is 14.4.